The molecule has 2 fully saturated rings. The summed E-state index contributed by atoms with van der Waals surface area (Å²) in [6.45, 7) is 9.89. The fraction of sp³-hybridized carbons (Fsp3) is 0.533. The monoisotopic (exact) mass is 246 g/mol. The molecule has 0 spiro atoms. The van der Waals surface area contributed by atoms with Gasteiger partial charge < -0.3 is 9.84 Å². The molecule has 0 aromatic carbocycles. The van der Waals surface area contributed by atoms with Gasteiger partial charge in [0.25, 0.3) is 0 Å². The zero-order chi connectivity index (χ0) is 13.1. The Bertz CT molecular complexity index is 476. The van der Waals surface area contributed by atoms with Crippen LogP contribution in [0.4, 0.5) is 0 Å². The average molecular weight is 246 g/mol. The molecule has 1 N–H and O–H groups in total. The third-order valence-electron chi connectivity index (χ3n) is 4.73. The molecule has 0 aromatic rings. The first-order valence-corrected chi connectivity index (χ1v) is 6.43. The van der Waals surface area contributed by atoms with Crippen molar-refractivity contribution in [1.82, 2.24) is 0 Å². The second-order valence-electron chi connectivity index (χ2n) is 5.80. The van der Waals surface area contributed by atoms with E-state index in [4.69, 9.17) is 4.74 Å². The van der Waals surface area contributed by atoms with Gasteiger partial charge in [0.2, 0.25) is 0 Å². The Hall–Kier alpha value is -1.35. The van der Waals surface area contributed by atoms with Gasteiger partial charge in [-0.05, 0) is 30.4 Å². The van der Waals surface area contributed by atoms with E-state index in [1.807, 2.05) is 6.08 Å². The van der Waals surface area contributed by atoms with Crippen LogP contribution >= 0.6 is 0 Å². The normalized spacial score (nSPS) is 46.7. The van der Waals surface area contributed by atoms with Crippen LogP contribution in [-0.4, -0.2) is 22.6 Å². The molecule has 0 amide bonds. The highest BCUT2D eigenvalue weighted by atomic mass is 16.5. The second kappa shape index (κ2) is 3.58. The molecule has 3 rings (SSSR count). The smallest absolute Gasteiger partial charge is 0.187 e. The molecular weight excluding hydrogens is 228 g/mol. The summed E-state index contributed by atoms with van der Waals surface area (Å²) in [6.07, 6.45) is 4.61. The van der Waals surface area contributed by atoms with Crippen LogP contribution in [0.1, 0.15) is 19.8 Å². The molecule has 1 saturated heterocycles. The van der Waals surface area contributed by atoms with Crippen molar-refractivity contribution in [2.45, 2.75) is 31.5 Å². The molecule has 2 aliphatic carbocycles. The lowest BCUT2D eigenvalue weighted by molar-refractivity contribution is -0.136. The maximum absolute atomic E-state index is 12.0. The number of hydrogen-bond acceptors (Lipinski definition) is 3. The molecule has 0 aromatic heterocycles. The van der Waals surface area contributed by atoms with Crippen LogP contribution in [0.3, 0.4) is 0 Å². The van der Waals surface area contributed by atoms with Crippen molar-refractivity contribution in [3.63, 3.8) is 0 Å². The zero-order valence-corrected chi connectivity index (χ0v) is 10.6. The van der Waals surface area contributed by atoms with Crippen molar-refractivity contribution in [3.05, 3.63) is 36.6 Å². The quantitative estimate of drug-likeness (QED) is 0.711. The van der Waals surface area contributed by atoms with Gasteiger partial charge in [-0.15, -0.1) is 0 Å². The van der Waals surface area contributed by atoms with E-state index < -0.39 is 5.60 Å². The first-order chi connectivity index (χ1) is 8.43. The molecule has 0 bridgehead atoms. The molecule has 5 atom stereocenters. The SMILES string of the molecule is C=C1O[C@@H]2C[C@@H](C)[C@H]3C=CC(=O)[C@]3(O)C[C@H]2C1=C. The largest absolute Gasteiger partial charge is 0.490 e. The summed E-state index contributed by atoms with van der Waals surface area (Å²) < 4.78 is 5.73. The maximum Gasteiger partial charge on any atom is 0.187 e. The molecule has 1 saturated carbocycles. The van der Waals surface area contributed by atoms with Gasteiger partial charge in [0.1, 0.15) is 17.5 Å². The minimum absolute atomic E-state index is 0.0100. The van der Waals surface area contributed by atoms with Crippen molar-refractivity contribution in [1.29, 1.82) is 0 Å². The van der Waals surface area contributed by atoms with Crippen LogP contribution in [0.2, 0.25) is 0 Å². The lowest BCUT2D eigenvalue weighted by Gasteiger charge is -2.30. The number of ether oxygens (including phenoxy) is 1. The highest BCUT2D eigenvalue weighted by Gasteiger charge is 2.54. The van der Waals surface area contributed by atoms with Crippen LogP contribution in [0.25, 0.3) is 0 Å². The van der Waals surface area contributed by atoms with E-state index in [1.54, 1.807) is 0 Å². The lowest BCUT2D eigenvalue weighted by atomic mass is 9.78. The van der Waals surface area contributed by atoms with Gasteiger partial charge in [-0.25, -0.2) is 0 Å². The van der Waals surface area contributed by atoms with Crippen molar-refractivity contribution in [2.24, 2.45) is 17.8 Å². The Morgan fingerprint density at radius 1 is 1.50 bits per heavy atom. The summed E-state index contributed by atoms with van der Waals surface area (Å²) in [5, 5.41) is 10.7. The Morgan fingerprint density at radius 3 is 2.94 bits per heavy atom. The summed E-state index contributed by atoms with van der Waals surface area (Å²) in [4.78, 5) is 12.0. The first-order valence-electron chi connectivity index (χ1n) is 6.43. The molecule has 18 heavy (non-hydrogen) atoms. The lowest BCUT2D eigenvalue weighted by Crippen LogP contribution is -2.43. The van der Waals surface area contributed by atoms with E-state index in [9.17, 15) is 9.90 Å². The Morgan fingerprint density at radius 2 is 2.22 bits per heavy atom. The van der Waals surface area contributed by atoms with Crippen LogP contribution in [-0.2, 0) is 9.53 Å². The Kier molecular flexibility index (Phi) is 2.33. The predicted molar refractivity (Wildman–Crippen MR) is 67.6 cm³/mol. The molecule has 3 nitrogen and oxygen atoms in total. The van der Waals surface area contributed by atoms with Crippen LogP contribution in [0, 0.1) is 17.8 Å². The molecule has 1 heterocycles. The van der Waals surface area contributed by atoms with Crippen molar-refractivity contribution in [2.75, 3.05) is 0 Å². The number of fused-ring (bicyclic) bond motifs is 2. The van der Waals surface area contributed by atoms with Crippen LogP contribution < -0.4 is 0 Å². The summed E-state index contributed by atoms with van der Waals surface area (Å²) in [6, 6.07) is 0. The summed E-state index contributed by atoms with van der Waals surface area (Å²) in [5.41, 5.74) is -0.434. The first kappa shape index (κ1) is 11.7. The van der Waals surface area contributed by atoms with E-state index >= 15 is 0 Å². The van der Waals surface area contributed by atoms with Gasteiger partial charge in [-0.2, -0.15) is 0 Å². The minimum Gasteiger partial charge on any atom is -0.490 e. The van der Waals surface area contributed by atoms with Gasteiger partial charge in [-0.1, -0.05) is 26.2 Å². The van der Waals surface area contributed by atoms with Gasteiger partial charge >= 0.3 is 0 Å². The number of rotatable bonds is 0. The number of aliphatic hydroxyl groups is 1. The highest BCUT2D eigenvalue weighted by molar-refractivity contribution is 6.00. The topological polar surface area (TPSA) is 46.5 Å². The second-order valence-corrected chi connectivity index (χ2v) is 5.80. The highest BCUT2D eigenvalue weighted by Crippen LogP contribution is 2.50. The summed E-state index contributed by atoms with van der Waals surface area (Å²) in [5.74, 6) is 0.563. The van der Waals surface area contributed by atoms with Crippen LogP contribution in [0.5, 0.6) is 0 Å². The zero-order valence-electron chi connectivity index (χ0n) is 10.6. The Labute approximate surface area is 107 Å². The van der Waals surface area contributed by atoms with Crippen molar-refractivity contribution < 1.29 is 14.6 Å². The fourth-order valence-electron chi connectivity index (χ4n) is 3.64. The van der Waals surface area contributed by atoms with E-state index in [2.05, 4.69) is 20.1 Å². The van der Waals surface area contributed by atoms with E-state index in [1.165, 1.54) is 6.08 Å². The van der Waals surface area contributed by atoms with E-state index in [-0.39, 0.29) is 29.6 Å². The third kappa shape index (κ3) is 1.37. The molecule has 0 radical (unpaired) electrons. The number of carbonyl (C=O) groups is 1. The summed E-state index contributed by atoms with van der Waals surface area (Å²) in [7, 11) is 0. The Balaban J connectivity index is 2.00. The van der Waals surface area contributed by atoms with Crippen molar-refractivity contribution in [3.8, 4) is 0 Å². The summed E-state index contributed by atoms with van der Waals surface area (Å²) >= 11 is 0. The van der Waals surface area contributed by atoms with E-state index in [0.717, 1.165) is 12.0 Å². The predicted octanol–water partition coefficient (Wildman–Crippen LogP) is 1.99. The van der Waals surface area contributed by atoms with Gasteiger partial charge in [0.15, 0.2) is 5.78 Å². The van der Waals surface area contributed by atoms with E-state index in [0.29, 0.717) is 12.2 Å². The molecular formula is C15H18O3. The van der Waals surface area contributed by atoms with Crippen LogP contribution in [0.15, 0.2) is 36.6 Å². The molecule has 96 valence electrons. The van der Waals surface area contributed by atoms with Gasteiger partial charge in [0.05, 0.1) is 0 Å². The third-order valence-corrected chi connectivity index (χ3v) is 4.73. The molecule has 3 heteroatoms. The number of hydrogen-bond donors (Lipinski definition) is 1. The fourth-order valence-corrected chi connectivity index (χ4v) is 3.64. The van der Waals surface area contributed by atoms with Gasteiger partial charge in [0, 0.05) is 11.8 Å². The molecule has 0 unspecified atom stereocenters. The average Bonchev–Trinajstić information content (AvgIpc) is 2.69. The number of ketones is 1. The number of carbonyl (C=O) groups excluding carboxylic acids is 1. The minimum atomic E-state index is -1.27. The van der Waals surface area contributed by atoms with Gasteiger partial charge in [-0.3, -0.25) is 4.79 Å². The standard InChI is InChI=1S/C15H18O3/c1-8-6-13-11(9(2)10(3)18-13)7-15(17)12(8)4-5-14(15)16/h4-5,8,11-13,17H,2-3,6-7H2,1H3/t8-,11+,12-,13-,15+/m1/s1. The molecule has 1 aliphatic heterocycles. The number of allylic oxidation sites excluding steroid dienone is 1. The molecule has 3 aliphatic rings. The maximum atomic E-state index is 12.0. The van der Waals surface area contributed by atoms with Crippen molar-refractivity contribution >= 4 is 5.78 Å².